The van der Waals surface area contributed by atoms with E-state index in [0.717, 1.165) is 183 Å². The molecule has 0 saturated carbocycles. The number of carbonyl (C=O) groups is 3. The van der Waals surface area contributed by atoms with Crippen LogP contribution in [-0.2, 0) is 37.3 Å². The zero-order chi connectivity index (χ0) is 49.0. The fraction of sp³-hybridized carbons (Fsp3) is 0.475. The highest BCUT2D eigenvalue weighted by Gasteiger charge is 2.32. The summed E-state index contributed by atoms with van der Waals surface area (Å²) in [5.74, 6) is 1.92. The van der Waals surface area contributed by atoms with Gasteiger partial charge in [-0.15, -0.1) is 0 Å². The van der Waals surface area contributed by atoms with Gasteiger partial charge >= 0.3 is 0 Å². The Labute approximate surface area is 425 Å². The average molecular weight is 971 g/mol. The lowest BCUT2D eigenvalue weighted by molar-refractivity contribution is -0.130. The number of carbonyl (C=O) groups excluding carboxylic acids is 3. The Morgan fingerprint density at radius 3 is 1.54 bits per heavy atom. The van der Waals surface area contributed by atoms with Crippen LogP contribution in [0.2, 0.25) is 0 Å². The molecule has 0 N–H and O–H groups in total. The van der Waals surface area contributed by atoms with E-state index in [1.54, 1.807) is 6.92 Å². The third-order valence-corrected chi connectivity index (χ3v) is 16.6. The molecule has 13 nitrogen and oxygen atoms in total. The van der Waals surface area contributed by atoms with Crippen molar-refractivity contribution in [1.82, 2.24) is 39.4 Å². The molecule has 0 atom stereocenters. The second-order valence-electron chi connectivity index (χ2n) is 21.1. The lowest BCUT2D eigenvalue weighted by atomic mass is 9.93. The van der Waals surface area contributed by atoms with Crippen LogP contribution in [0.5, 0.6) is 11.5 Å². The van der Waals surface area contributed by atoms with Crippen LogP contribution in [0.1, 0.15) is 107 Å². The SMILES string of the molecule is CC(=O)N1CCC(Oc2ccc(C(=O)N3CCC(N4CCc5ccc(-c6cnc(CN7CCC(Oc8ccc(C(=O)N9CCC(N%10CCc%11ccccc%11C%10)CC9)cc8)CC7)cn6)cc5C4)CC3)cc2)CC1. The molecule has 0 bridgehead atoms. The van der Waals surface area contributed by atoms with Crippen LogP contribution in [0.15, 0.2) is 103 Å². The number of ether oxygens (including phenoxy) is 2. The lowest BCUT2D eigenvalue weighted by Gasteiger charge is -2.40. The summed E-state index contributed by atoms with van der Waals surface area (Å²) in [6, 6.07) is 31.9. The molecule has 72 heavy (non-hydrogen) atoms. The van der Waals surface area contributed by atoms with E-state index in [1.807, 2.05) is 75.6 Å². The van der Waals surface area contributed by atoms with E-state index in [0.29, 0.717) is 17.6 Å². The number of amides is 3. The molecule has 11 rings (SSSR count). The maximum Gasteiger partial charge on any atom is 0.253 e. The largest absolute Gasteiger partial charge is 0.490 e. The van der Waals surface area contributed by atoms with Gasteiger partial charge in [0.15, 0.2) is 0 Å². The number of likely N-dealkylation sites (tertiary alicyclic amines) is 4. The Hall–Kier alpha value is -6.15. The quantitative estimate of drug-likeness (QED) is 0.130. The van der Waals surface area contributed by atoms with Gasteiger partial charge in [-0.25, -0.2) is 0 Å². The first-order chi connectivity index (χ1) is 35.2. The van der Waals surface area contributed by atoms with Crippen molar-refractivity contribution in [2.45, 2.75) is 115 Å². The Morgan fingerprint density at radius 2 is 1.01 bits per heavy atom. The van der Waals surface area contributed by atoms with E-state index >= 15 is 0 Å². The van der Waals surface area contributed by atoms with Crippen LogP contribution in [0, 0.1) is 0 Å². The third-order valence-electron chi connectivity index (χ3n) is 16.6. The highest BCUT2D eigenvalue weighted by atomic mass is 16.5. The van der Waals surface area contributed by atoms with Crippen LogP contribution in [0.25, 0.3) is 11.3 Å². The van der Waals surface area contributed by atoms with Gasteiger partial charge in [0.05, 0.1) is 23.8 Å². The molecule has 0 spiro atoms. The minimum atomic E-state index is 0.0837. The zero-order valence-electron chi connectivity index (χ0n) is 42.0. The van der Waals surface area contributed by atoms with E-state index < -0.39 is 0 Å². The van der Waals surface area contributed by atoms with Gasteiger partial charge in [0.25, 0.3) is 11.8 Å². The Bertz CT molecular complexity index is 2670. The fourth-order valence-electron chi connectivity index (χ4n) is 12.1. The summed E-state index contributed by atoms with van der Waals surface area (Å²) >= 11 is 0. The molecule has 0 radical (unpaired) electrons. The summed E-state index contributed by atoms with van der Waals surface area (Å²) in [5.41, 5.74) is 10.1. The van der Waals surface area contributed by atoms with E-state index in [-0.39, 0.29) is 29.9 Å². The summed E-state index contributed by atoms with van der Waals surface area (Å²) in [6.45, 7) is 12.9. The number of hydrogen-bond donors (Lipinski definition) is 0. The van der Waals surface area contributed by atoms with Crippen LogP contribution < -0.4 is 9.47 Å². The molecule has 4 aromatic carbocycles. The predicted molar refractivity (Wildman–Crippen MR) is 278 cm³/mol. The van der Waals surface area contributed by atoms with Gasteiger partial charge in [0.2, 0.25) is 5.91 Å². The lowest BCUT2D eigenvalue weighted by Crippen LogP contribution is -2.48. The Balaban J connectivity index is 0.596. The topological polar surface area (TPSA) is 115 Å². The normalized spacial score (nSPS) is 20.2. The molecule has 0 aliphatic carbocycles. The minimum Gasteiger partial charge on any atom is -0.490 e. The minimum absolute atomic E-state index is 0.0837. The van der Waals surface area contributed by atoms with Crippen LogP contribution in [0.3, 0.4) is 0 Å². The van der Waals surface area contributed by atoms with Gasteiger partial charge in [-0.3, -0.25) is 39.1 Å². The molecule has 376 valence electrons. The predicted octanol–water partition coefficient (Wildman–Crippen LogP) is 7.90. The van der Waals surface area contributed by atoms with E-state index in [2.05, 4.69) is 57.2 Å². The second-order valence-corrected chi connectivity index (χ2v) is 21.1. The van der Waals surface area contributed by atoms with Crippen molar-refractivity contribution >= 4 is 17.7 Å². The molecule has 13 heteroatoms. The number of benzene rings is 4. The summed E-state index contributed by atoms with van der Waals surface area (Å²) in [4.78, 5) is 62.0. The Morgan fingerprint density at radius 1 is 0.514 bits per heavy atom. The van der Waals surface area contributed by atoms with Crippen LogP contribution >= 0.6 is 0 Å². The summed E-state index contributed by atoms with van der Waals surface area (Å²) in [5, 5.41) is 0. The smallest absolute Gasteiger partial charge is 0.253 e. The van der Waals surface area contributed by atoms with Crippen molar-refractivity contribution < 1.29 is 23.9 Å². The molecule has 0 unspecified atom stereocenters. The van der Waals surface area contributed by atoms with E-state index in [1.165, 1.54) is 22.3 Å². The molecule has 5 aromatic rings. The highest BCUT2D eigenvalue weighted by Crippen LogP contribution is 2.31. The molecule has 6 aliphatic rings. The Kier molecular flexibility index (Phi) is 14.6. The number of hydrogen-bond acceptors (Lipinski definition) is 10. The van der Waals surface area contributed by atoms with Crippen molar-refractivity contribution in [3.63, 3.8) is 0 Å². The number of fused-ring (bicyclic) bond motifs is 2. The van der Waals surface area contributed by atoms with E-state index in [9.17, 15) is 14.4 Å². The second kappa shape index (κ2) is 21.9. The molecule has 6 aliphatic heterocycles. The standard InChI is InChI=1S/C59H70N8O5/c1-42(68)63-34-24-56(25-35-63)72-54-14-10-46(11-15-54)59(70)65-32-20-52(21-33-65)67-29-17-44-6-7-47(36-49(44)40-67)57-38-60-50(37-61-57)41-62-26-22-55(23-27-62)71-53-12-8-45(9-13-53)58(69)64-30-18-51(19-31-64)66-28-16-43-4-2-3-5-48(43)39-66/h2-15,36-38,51-52,55-56H,16-35,39-41H2,1H3. The maximum absolute atomic E-state index is 13.5. The molecular formula is C59H70N8O5. The monoisotopic (exact) mass is 971 g/mol. The summed E-state index contributed by atoms with van der Waals surface area (Å²) in [6.07, 6.45) is 13.7. The maximum atomic E-state index is 13.5. The van der Waals surface area contributed by atoms with Crippen molar-refractivity contribution in [3.05, 3.63) is 142 Å². The highest BCUT2D eigenvalue weighted by molar-refractivity contribution is 5.95. The van der Waals surface area contributed by atoms with Crippen LogP contribution in [-0.4, -0.2) is 147 Å². The first-order valence-corrected chi connectivity index (χ1v) is 26.8. The fourth-order valence-corrected chi connectivity index (χ4v) is 12.1. The average Bonchev–Trinajstić information content (AvgIpc) is 3.43. The molecule has 1 aromatic heterocycles. The zero-order valence-corrected chi connectivity index (χ0v) is 42.0. The van der Waals surface area contributed by atoms with Gasteiger partial charge in [-0.1, -0.05) is 36.4 Å². The van der Waals surface area contributed by atoms with Gasteiger partial charge < -0.3 is 24.2 Å². The number of rotatable bonds is 11. The van der Waals surface area contributed by atoms with Crippen LogP contribution in [0.4, 0.5) is 0 Å². The molecular weight excluding hydrogens is 901 g/mol. The molecule has 4 fully saturated rings. The first-order valence-electron chi connectivity index (χ1n) is 26.8. The van der Waals surface area contributed by atoms with Gasteiger partial charge in [0, 0.05) is 134 Å². The summed E-state index contributed by atoms with van der Waals surface area (Å²) in [7, 11) is 0. The number of piperidine rings is 4. The van der Waals surface area contributed by atoms with Crippen molar-refractivity contribution in [1.29, 1.82) is 0 Å². The molecule has 3 amide bonds. The molecule has 7 heterocycles. The third kappa shape index (κ3) is 11.2. The first kappa shape index (κ1) is 48.1. The van der Waals surface area contributed by atoms with E-state index in [4.69, 9.17) is 19.4 Å². The summed E-state index contributed by atoms with van der Waals surface area (Å²) < 4.78 is 12.6. The van der Waals surface area contributed by atoms with Crippen molar-refractivity contribution in [3.8, 4) is 22.8 Å². The van der Waals surface area contributed by atoms with Gasteiger partial charge in [-0.05, 0) is 128 Å². The molecule has 4 saturated heterocycles. The van der Waals surface area contributed by atoms with Crippen molar-refractivity contribution in [2.75, 3.05) is 65.4 Å². The van der Waals surface area contributed by atoms with Gasteiger partial charge in [-0.2, -0.15) is 0 Å². The number of aromatic nitrogens is 2. The van der Waals surface area contributed by atoms with Gasteiger partial charge in [0.1, 0.15) is 23.7 Å². The van der Waals surface area contributed by atoms with Crippen molar-refractivity contribution in [2.24, 2.45) is 0 Å². The number of nitrogens with zero attached hydrogens (tertiary/aromatic N) is 8.